The van der Waals surface area contributed by atoms with Crippen LogP contribution in [-0.2, 0) is 21.3 Å². The highest BCUT2D eigenvalue weighted by Gasteiger charge is 2.28. The number of guanidine groups is 1. The first-order valence-electron chi connectivity index (χ1n) is 10.4. The van der Waals surface area contributed by atoms with Crippen molar-refractivity contribution in [3.05, 3.63) is 42.5 Å². The van der Waals surface area contributed by atoms with E-state index in [1.54, 1.807) is 13.4 Å². The highest BCUT2D eigenvalue weighted by molar-refractivity contribution is 7.89. The zero-order valence-electron chi connectivity index (χ0n) is 18.3. The van der Waals surface area contributed by atoms with Gasteiger partial charge in [-0.05, 0) is 26.0 Å². The van der Waals surface area contributed by atoms with Crippen LogP contribution in [0.3, 0.4) is 0 Å². The van der Waals surface area contributed by atoms with Gasteiger partial charge in [0.15, 0.2) is 11.8 Å². The van der Waals surface area contributed by atoms with Gasteiger partial charge in [-0.2, -0.15) is 4.31 Å². The van der Waals surface area contributed by atoms with E-state index in [9.17, 15) is 8.42 Å². The van der Waals surface area contributed by atoms with E-state index >= 15 is 0 Å². The van der Waals surface area contributed by atoms with Crippen molar-refractivity contribution in [1.82, 2.24) is 29.3 Å². The molecule has 1 fully saturated rings. The third-order valence-electron chi connectivity index (χ3n) is 4.99. The van der Waals surface area contributed by atoms with Crippen molar-refractivity contribution < 1.29 is 13.2 Å². The summed E-state index contributed by atoms with van der Waals surface area (Å²) in [5, 5.41) is 11.5. The second kappa shape index (κ2) is 10.7. The van der Waals surface area contributed by atoms with E-state index in [2.05, 4.69) is 25.4 Å². The van der Waals surface area contributed by atoms with Gasteiger partial charge in [0.1, 0.15) is 6.33 Å². The molecule has 31 heavy (non-hydrogen) atoms. The summed E-state index contributed by atoms with van der Waals surface area (Å²) < 4.78 is 33.9. The number of ether oxygens (including phenoxy) is 1. The number of hydrogen-bond acceptors (Lipinski definition) is 6. The molecule has 1 aliphatic rings. The molecule has 170 valence electrons. The molecule has 2 aromatic rings. The minimum absolute atomic E-state index is 0.00724. The van der Waals surface area contributed by atoms with Crippen molar-refractivity contribution >= 4 is 16.0 Å². The van der Waals surface area contributed by atoms with Crippen LogP contribution >= 0.6 is 0 Å². The number of aromatic nitrogens is 3. The number of piperazine rings is 1. The Kier molecular flexibility index (Phi) is 7.99. The smallest absolute Gasteiger partial charge is 0.216 e. The molecule has 1 N–H and O–H groups in total. The predicted octanol–water partition coefficient (Wildman–Crippen LogP) is 0.715. The fourth-order valence-corrected chi connectivity index (χ4v) is 4.66. The second-order valence-corrected chi connectivity index (χ2v) is 9.56. The lowest BCUT2D eigenvalue weighted by atomic mass is 10.3. The van der Waals surface area contributed by atoms with Crippen LogP contribution in [0, 0.1) is 0 Å². The summed E-state index contributed by atoms with van der Waals surface area (Å²) >= 11 is 0. The summed E-state index contributed by atoms with van der Waals surface area (Å²) in [6.45, 7) is 6.43. The molecule has 0 radical (unpaired) electrons. The van der Waals surface area contributed by atoms with Gasteiger partial charge in [-0.3, -0.25) is 9.56 Å². The van der Waals surface area contributed by atoms with Crippen molar-refractivity contribution in [3.63, 3.8) is 0 Å². The molecule has 1 saturated heterocycles. The number of rotatable bonds is 8. The lowest BCUT2D eigenvalue weighted by Gasteiger charge is -2.35. The molecule has 0 amide bonds. The Labute approximate surface area is 184 Å². The first-order chi connectivity index (χ1) is 14.9. The van der Waals surface area contributed by atoms with Gasteiger partial charge < -0.3 is 15.0 Å². The summed E-state index contributed by atoms with van der Waals surface area (Å²) in [6.07, 6.45) is 1.70. The standard InChI is InChI=1S/C20H31N7O3S/c1-17(2)30-13-14-31(28,29)26-11-9-25(10-12-26)20(21-3)22-15-19-24-23-16-27(19)18-7-5-4-6-8-18/h4-8,16-17H,9-15H2,1-3H3,(H,21,22). The van der Waals surface area contributed by atoms with E-state index in [1.165, 1.54) is 4.31 Å². The number of sulfonamides is 1. The fraction of sp³-hybridized carbons (Fsp3) is 0.550. The number of aliphatic imine (C=N–C) groups is 1. The summed E-state index contributed by atoms with van der Waals surface area (Å²) in [4.78, 5) is 6.41. The first kappa shape index (κ1) is 23.2. The molecule has 2 heterocycles. The summed E-state index contributed by atoms with van der Waals surface area (Å²) in [7, 11) is -1.60. The molecule has 1 aliphatic heterocycles. The third-order valence-corrected chi connectivity index (χ3v) is 6.83. The minimum atomic E-state index is -3.32. The van der Waals surface area contributed by atoms with Crippen LogP contribution in [0.5, 0.6) is 0 Å². The van der Waals surface area contributed by atoms with Crippen LogP contribution in [0.1, 0.15) is 19.7 Å². The summed E-state index contributed by atoms with van der Waals surface area (Å²) in [5.41, 5.74) is 0.986. The molecular formula is C20H31N7O3S. The molecule has 11 heteroatoms. The molecular weight excluding hydrogens is 418 g/mol. The zero-order chi connectivity index (χ0) is 22.3. The highest BCUT2D eigenvalue weighted by Crippen LogP contribution is 2.11. The largest absolute Gasteiger partial charge is 0.378 e. The van der Waals surface area contributed by atoms with E-state index in [0.29, 0.717) is 38.7 Å². The van der Waals surface area contributed by atoms with Crippen molar-refractivity contribution in [1.29, 1.82) is 0 Å². The minimum Gasteiger partial charge on any atom is -0.378 e. The predicted molar refractivity (Wildman–Crippen MR) is 120 cm³/mol. The van der Waals surface area contributed by atoms with Gasteiger partial charge in [-0.25, -0.2) is 8.42 Å². The van der Waals surface area contributed by atoms with Crippen LogP contribution < -0.4 is 5.32 Å². The van der Waals surface area contributed by atoms with Gasteiger partial charge >= 0.3 is 0 Å². The summed E-state index contributed by atoms with van der Waals surface area (Å²) in [6, 6.07) is 9.88. The Hall–Kier alpha value is -2.50. The monoisotopic (exact) mass is 449 g/mol. The van der Waals surface area contributed by atoms with Gasteiger partial charge in [0.2, 0.25) is 10.0 Å². The molecule has 0 unspecified atom stereocenters. The average Bonchev–Trinajstić information content (AvgIpc) is 3.23. The van der Waals surface area contributed by atoms with E-state index in [4.69, 9.17) is 4.74 Å². The molecule has 3 rings (SSSR count). The number of hydrogen-bond donors (Lipinski definition) is 1. The lowest BCUT2D eigenvalue weighted by molar-refractivity contribution is 0.0904. The average molecular weight is 450 g/mol. The van der Waals surface area contributed by atoms with Gasteiger partial charge in [-0.1, -0.05) is 18.2 Å². The fourth-order valence-electron chi connectivity index (χ4n) is 3.37. The van der Waals surface area contributed by atoms with E-state index in [-0.39, 0.29) is 18.5 Å². The van der Waals surface area contributed by atoms with Crippen molar-refractivity contribution in [3.8, 4) is 5.69 Å². The van der Waals surface area contributed by atoms with Crippen LogP contribution in [-0.4, -0.2) is 90.0 Å². The van der Waals surface area contributed by atoms with Crippen LogP contribution in [0.4, 0.5) is 0 Å². The molecule has 0 atom stereocenters. The number of benzene rings is 1. The Morgan fingerprint density at radius 3 is 2.55 bits per heavy atom. The lowest BCUT2D eigenvalue weighted by Crippen LogP contribution is -2.54. The van der Waals surface area contributed by atoms with Gasteiger partial charge in [0.05, 0.1) is 25.0 Å². The maximum Gasteiger partial charge on any atom is 0.216 e. The molecule has 0 bridgehead atoms. The zero-order valence-corrected chi connectivity index (χ0v) is 19.1. The molecule has 0 saturated carbocycles. The van der Waals surface area contributed by atoms with Gasteiger partial charge in [0.25, 0.3) is 0 Å². The van der Waals surface area contributed by atoms with Crippen LogP contribution in [0.2, 0.25) is 0 Å². The maximum atomic E-state index is 12.5. The second-order valence-electron chi connectivity index (χ2n) is 7.48. The van der Waals surface area contributed by atoms with Gasteiger partial charge in [-0.15, -0.1) is 10.2 Å². The quantitative estimate of drug-likeness (QED) is 0.468. The van der Waals surface area contributed by atoms with Crippen molar-refractivity contribution in [2.75, 3.05) is 45.6 Å². The van der Waals surface area contributed by atoms with Crippen molar-refractivity contribution in [2.24, 2.45) is 4.99 Å². The van der Waals surface area contributed by atoms with Crippen LogP contribution in [0.15, 0.2) is 41.7 Å². The Balaban J connectivity index is 1.53. The molecule has 1 aromatic heterocycles. The van der Waals surface area contributed by atoms with Gasteiger partial charge in [0, 0.05) is 38.9 Å². The first-order valence-corrected chi connectivity index (χ1v) is 12.0. The molecule has 0 aliphatic carbocycles. The molecule has 10 nitrogen and oxygen atoms in total. The Bertz CT molecular complexity index is 952. The Morgan fingerprint density at radius 2 is 1.90 bits per heavy atom. The molecule has 0 spiro atoms. The van der Waals surface area contributed by atoms with Crippen LogP contribution in [0.25, 0.3) is 5.69 Å². The SMILES string of the molecule is CN=C(NCc1nncn1-c1ccccc1)N1CCN(S(=O)(=O)CCOC(C)C)CC1. The number of nitrogens with one attached hydrogen (secondary N) is 1. The van der Waals surface area contributed by atoms with Crippen molar-refractivity contribution in [2.45, 2.75) is 26.5 Å². The summed E-state index contributed by atoms with van der Waals surface area (Å²) in [5.74, 6) is 1.48. The normalized spacial score (nSPS) is 16.1. The number of para-hydroxylation sites is 1. The molecule has 1 aromatic carbocycles. The Morgan fingerprint density at radius 1 is 1.19 bits per heavy atom. The van der Waals surface area contributed by atoms with E-state index in [0.717, 1.165) is 11.5 Å². The van der Waals surface area contributed by atoms with E-state index in [1.807, 2.05) is 48.7 Å². The van der Waals surface area contributed by atoms with E-state index < -0.39 is 10.0 Å². The highest BCUT2D eigenvalue weighted by atomic mass is 32.2. The topological polar surface area (TPSA) is 105 Å². The maximum absolute atomic E-state index is 12.5. The number of nitrogens with zero attached hydrogens (tertiary/aromatic N) is 6. The third kappa shape index (κ3) is 6.25.